The standard InChI is InChI=1S/C27H29NO/c29-26-17-25-21-10-3-2-8-19(21)20-9-4-5-11-22(20)27(25)23-13-12-18(16-24(23)26)28-14-6-1-7-15-28/h4-5,9,11-13,16-17,19,21,29H,1-3,6-8,10,14-15H2. The Bertz CT molecular complexity index is 1080. The van der Waals surface area contributed by atoms with Gasteiger partial charge in [-0.25, -0.2) is 0 Å². The van der Waals surface area contributed by atoms with Gasteiger partial charge in [-0.15, -0.1) is 0 Å². The highest BCUT2D eigenvalue weighted by Crippen LogP contribution is 2.55. The van der Waals surface area contributed by atoms with Crippen LogP contribution in [-0.4, -0.2) is 18.2 Å². The van der Waals surface area contributed by atoms with Gasteiger partial charge < -0.3 is 10.0 Å². The first-order valence-corrected chi connectivity index (χ1v) is 11.4. The van der Waals surface area contributed by atoms with Crippen LogP contribution in [-0.2, 0) is 0 Å². The summed E-state index contributed by atoms with van der Waals surface area (Å²) in [5, 5.41) is 13.3. The third-order valence-electron chi connectivity index (χ3n) is 7.65. The molecule has 2 fully saturated rings. The van der Waals surface area contributed by atoms with E-state index in [1.807, 2.05) is 0 Å². The first-order chi connectivity index (χ1) is 14.3. The molecule has 148 valence electrons. The van der Waals surface area contributed by atoms with E-state index in [0.717, 1.165) is 18.5 Å². The van der Waals surface area contributed by atoms with Gasteiger partial charge in [-0.05, 0) is 89.8 Å². The van der Waals surface area contributed by atoms with E-state index in [-0.39, 0.29) is 0 Å². The Morgan fingerprint density at radius 1 is 0.724 bits per heavy atom. The summed E-state index contributed by atoms with van der Waals surface area (Å²) in [5.74, 6) is 1.61. The molecule has 6 rings (SSSR count). The summed E-state index contributed by atoms with van der Waals surface area (Å²) in [7, 11) is 0. The quantitative estimate of drug-likeness (QED) is 0.491. The summed E-state index contributed by atoms with van der Waals surface area (Å²) in [4.78, 5) is 2.48. The lowest BCUT2D eigenvalue weighted by atomic mass is 9.65. The molecule has 2 atom stereocenters. The molecule has 0 bridgehead atoms. The Morgan fingerprint density at radius 2 is 1.48 bits per heavy atom. The molecule has 1 saturated heterocycles. The number of anilines is 1. The highest BCUT2D eigenvalue weighted by molar-refractivity contribution is 6.04. The van der Waals surface area contributed by atoms with E-state index < -0.39 is 0 Å². The van der Waals surface area contributed by atoms with E-state index >= 15 is 0 Å². The molecule has 1 saturated carbocycles. The maximum Gasteiger partial charge on any atom is 0.123 e. The monoisotopic (exact) mass is 383 g/mol. The van der Waals surface area contributed by atoms with Gasteiger partial charge >= 0.3 is 0 Å². The third kappa shape index (κ3) is 2.68. The van der Waals surface area contributed by atoms with E-state index in [2.05, 4.69) is 53.4 Å². The minimum absolute atomic E-state index is 0.460. The topological polar surface area (TPSA) is 23.5 Å². The normalized spacial score (nSPS) is 23.4. The number of benzene rings is 3. The third-order valence-corrected chi connectivity index (χ3v) is 7.65. The molecule has 3 aromatic carbocycles. The van der Waals surface area contributed by atoms with Crippen LogP contribution in [0.1, 0.15) is 67.9 Å². The Morgan fingerprint density at radius 3 is 2.31 bits per heavy atom. The van der Waals surface area contributed by atoms with Crippen LogP contribution in [0.5, 0.6) is 5.75 Å². The fraction of sp³-hybridized carbons (Fsp3) is 0.407. The van der Waals surface area contributed by atoms with E-state index in [1.165, 1.54) is 78.3 Å². The van der Waals surface area contributed by atoms with Crippen LogP contribution in [0, 0.1) is 0 Å². The van der Waals surface area contributed by atoms with Crippen molar-refractivity contribution in [3.63, 3.8) is 0 Å². The van der Waals surface area contributed by atoms with E-state index in [9.17, 15) is 5.11 Å². The van der Waals surface area contributed by atoms with Crippen molar-refractivity contribution in [2.75, 3.05) is 18.0 Å². The number of nitrogens with zero attached hydrogens (tertiary/aromatic N) is 1. The van der Waals surface area contributed by atoms with Crippen LogP contribution in [0.15, 0.2) is 48.5 Å². The van der Waals surface area contributed by atoms with Crippen molar-refractivity contribution in [1.29, 1.82) is 0 Å². The SMILES string of the molecule is Oc1cc2c(c3ccc(N4CCCCC4)cc13)-c1ccccc1C1CCCCC21. The molecule has 2 aliphatic carbocycles. The lowest BCUT2D eigenvalue weighted by molar-refractivity contribution is 0.382. The Balaban J connectivity index is 1.57. The van der Waals surface area contributed by atoms with Gasteiger partial charge in [0.15, 0.2) is 0 Å². The summed E-state index contributed by atoms with van der Waals surface area (Å²) in [6.45, 7) is 2.26. The van der Waals surface area contributed by atoms with Crippen LogP contribution in [0.3, 0.4) is 0 Å². The first kappa shape index (κ1) is 17.4. The summed E-state index contributed by atoms with van der Waals surface area (Å²) in [6, 6.07) is 17.9. The van der Waals surface area contributed by atoms with Gasteiger partial charge in [-0.1, -0.05) is 43.2 Å². The number of aromatic hydroxyl groups is 1. The van der Waals surface area contributed by atoms with E-state index in [1.54, 1.807) is 0 Å². The van der Waals surface area contributed by atoms with Crippen LogP contribution in [0.25, 0.3) is 21.9 Å². The minimum Gasteiger partial charge on any atom is -0.507 e. The molecule has 3 aromatic rings. The van der Waals surface area contributed by atoms with Gasteiger partial charge in [0.25, 0.3) is 0 Å². The predicted octanol–water partition coefficient (Wildman–Crippen LogP) is 6.96. The maximum atomic E-state index is 11.1. The molecular formula is C27H29NO. The predicted molar refractivity (Wildman–Crippen MR) is 121 cm³/mol. The molecule has 0 amide bonds. The zero-order chi connectivity index (χ0) is 19.4. The number of hydrogen-bond donors (Lipinski definition) is 1. The number of phenols is 1. The van der Waals surface area contributed by atoms with Crippen molar-refractivity contribution in [2.24, 2.45) is 0 Å². The van der Waals surface area contributed by atoms with Crippen molar-refractivity contribution in [2.45, 2.75) is 56.8 Å². The second kappa shape index (κ2) is 6.79. The summed E-state index contributed by atoms with van der Waals surface area (Å²) in [5.41, 5.74) is 6.93. The Labute approximate surface area is 173 Å². The molecule has 29 heavy (non-hydrogen) atoms. The summed E-state index contributed by atoms with van der Waals surface area (Å²) >= 11 is 0. The Kier molecular flexibility index (Phi) is 4.07. The summed E-state index contributed by atoms with van der Waals surface area (Å²) in [6.07, 6.45) is 9.01. The fourth-order valence-electron chi connectivity index (χ4n) is 6.28. The van der Waals surface area contributed by atoms with Gasteiger partial charge in [0.05, 0.1) is 0 Å². The van der Waals surface area contributed by atoms with Crippen LogP contribution in [0.4, 0.5) is 5.69 Å². The lowest BCUT2D eigenvalue weighted by Gasteiger charge is -2.39. The molecule has 0 radical (unpaired) electrons. The van der Waals surface area contributed by atoms with Gasteiger partial charge in [-0.3, -0.25) is 0 Å². The molecule has 2 unspecified atom stereocenters. The number of phenolic OH excluding ortho intramolecular Hbond substituents is 1. The average molecular weight is 384 g/mol. The molecule has 1 aliphatic heterocycles. The average Bonchev–Trinajstić information content (AvgIpc) is 2.79. The lowest BCUT2D eigenvalue weighted by Crippen LogP contribution is -2.29. The molecule has 2 heteroatoms. The minimum atomic E-state index is 0.460. The molecule has 0 aromatic heterocycles. The molecule has 1 heterocycles. The van der Waals surface area contributed by atoms with Crippen LogP contribution >= 0.6 is 0 Å². The van der Waals surface area contributed by atoms with Gasteiger partial charge in [-0.2, -0.15) is 0 Å². The van der Waals surface area contributed by atoms with Gasteiger partial charge in [0.1, 0.15) is 5.75 Å². The molecular weight excluding hydrogens is 354 g/mol. The highest BCUT2D eigenvalue weighted by atomic mass is 16.3. The highest BCUT2D eigenvalue weighted by Gasteiger charge is 2.36. The zero-order valence-electron chi connectivity index (χ0n) is 17.0. The molecule has 0 spiro atoms. The number of fused-ring (bicyclic) bond motifs is 8. The van der Waals surface area contributed by atoms with Crippen molar-refractivity contribution in [1.82, 2.24) is 0 Å². The van der Waals surface area contributed by atoms with Crippen LogP contribution in [0.2, 0.25) is 0 Å². The van der Waals surface area contributed by atoms with Crippen molar-refractivity contribution in [3.05, 3.63) is 59.7 Å². The van der Waals surface area contributed by atoms with Crippen LogP contribution < -0.4 is 4.90 Å². The van der Waals surface area contributed by atoms with Crippen molar-refractivity contribution >= 4 is 16.5 Å². The van der Waals surface area contributed by atoms with E-state index in [4.69, 9.17) is 0 Å². The molecule has 3 aliphatic rings. The van der Waals surface area contributed by atoms with Crippen molar-refractivity contribution in [3.8, 4) is 16.9 Å². The first-order valence-electron chi connectivity index (χ1n) is 11.4. The summed E-state index contributed by atoms with van der Waals surface area (Å²) < 4.78 is 0. The van der Waals surface area contributed by atoms with Gasteiger partial charge in [0, 0.05) is 24.2 Å². The molecule has 1 N–H and O–H groups in total. The van der Waals surface area contributed by atoms with Gasteiger partial charge in [0.2, 0.25) is 0 Å². The van der Waals surface area contributed by atoms with E-state index in [0.29, 0.717) is 17.6 Å². The zero-order valence-corrected chi connectivity index (χ0v) is 17.0. The number of rotatable bonds is 1. The molecule has 2 nitrogen and oxygen atoms in total. The second-order valence-corrected chi connectivity index (χ2v) is 9.22. The maximum absolute atomic E-state index is 11.1. The number of hydrogen-bond acceptors (Lipinski definition) is 2. The Hall–Kier alpha value is -2.48. The largest absolute Gasteiger partial charge is 0.507 e. The number of piperidine rings is 1. The fourth-order valence-corrected chi connectivity index (χ4v) is 6.28. The van der Waals surface area contributed by atoms with Crippen molar-refractivity contribution < 1.29 is 5.11 Å². The smallest absolute Gasteiger partial charge is 0.123 e. The second-order valence-electron chi connectivity index (χ2n) is 9.22.